The van der Waals surface area contributed by atoms with Gasteiger partial charge in [-0.15, -0.1) is 0 Å². The molecule has 118 valence electrons. The van der Waals surface area contributed by atoms with Crippen molar-refractivity contribution in [2.75, 3.05) is 18.6 Å². The molecule has 20 heavy (non-hydrogen) atoms. The molecular weight excluding hydrogens is 300 g/mol. The Morgan fingerprint density at radius 3 is 1.90 bits per heavy atom. The maximum absolute atomic E-state index is 12.3. The van der Waals surface area contributed by atoms with E-state index in [0.717, 1.165) is 25.7 Å². The van der Waals surface area contributed by atoms with Gasteiger partial charge in [0.15, 0.2) is 0 Å². The summed E-state index contributed by atoms with van der Waals surface area (Å²) in [5, 5.41) is 2.67. The second kappa shape index (κ2) is 6.29. The molecule has 2 aliphatic rings. The van der Waals surface area contributed by atoms with Gasteiger partial charge < -0.3 is 5.32 Å². The van der Waals surface area contributed by atoms with Crippen LogP contribution in [0.2, 0.25) is 0 Å². The first-order valence-electron chi connectivity index (χ1n) is 7.21. The standard InChI is InChI=1S/C12H24N2O4S2/c1-13-10-2-4-11(5-3-10)14-20(17,18)12-6-8-19(15,16)9-7-12/h10-14H,2-9H2,1H3. The highest BCUT2D eigenvalue weighted by molar-refractivity contribution is 7.92. The fourth-order valence-corrected chi connectivity index (χ4v) is 6.55. The van der Waals surface area contributed by atoms with Crippen molar-refractivity contribution in [3.05, 3.63) is 0 Å². The molecule has 0 atom stereocenters. The molecule has 0 bridgehead atoms. The Morgan fingerprint density at radius 2 is 1.40 bits per heavy atom. The summed E-state index contributed by atoms with van der Waals surface area (Å²) in [6.07, 6.45) is 4.09. The van der Waals surface area contributed by atoms with Gasteiger partial charge in [0, 0.05) is 12.1 Å². The quantitative estimate of drug-likeness (QED) is 0.760. The fourth-order valence-electron chi connectivity index (χ4n) is 3.01. The lowest BCUT2D eigenvalue weighted by Crippen LogP contribution is -2.46. The molecule has 0 radical (unpaired) electrons. The van der Waals surface area contributed by atoms with Crippen LogP contribution in [0.5, 0.6) is 0 Å². The van der Waals surface area contributed by atoms with Crippen molar-refractivity contribution in [2.45, 2.75) is 55.9 Å². The predicted octanol–water partition coefficient (Wildman–Crippen LogP) is 0.0136. The summed E-state index contributed by atoms with van der Waals surface area (Å²) in [7, 11) is -4.48. The first-order valence-corrected chi connectivity index (χ1v) is 10.6. The summed E-state index contributed by atoms with van der Waals surface area (Å²) < 4.78 is 50.1. The smallest absolute Gasteiger partial charge is 0.214 e. The zero-order valence-electron chi connectivity index (χ0n) is 11.8. The normalized spacial score (nSPS) is 32.0. The highest BCUT2D eigenvalue weighted by atomic mass is 32.2. The Balaban J connectivity index is 1.89. The Kier molecular flexibility index (Phi) is 5.09. The number of sulfone groups is 1. The van der Waals surface area contributed by atoms with E-state index >= 15 is 0 Å². The highest BCUT2D eigenvalue weighted by Gasteiger charge is 2.34. The highest BCUT2D eigenvalue weighted by Crippen LogP contribution is 2.23. The van der Waals surface area contributed by atoms with Crippen LogP contribution in [0.25, 0.3) is 0 Å². The van der Waals surface area contributed by atoms with Crippen LogP contribution in [0.4, 0.5) is 0 Å². The van der Waals surface area contributed by atoms with Crippen molar-refractivity contribution >= 4 is 19.9 Å². The largest absolute Gasteiger partial charge is 0.317 e. The van der Waals surface area contributed by atoms with Gasteiger partial charge in [-0.3, -0.25) is 0 Å². The Hall–Kier alpha value is -0.180. The Morgan fingerprint density at radius 1 is 0.900 bits per heavy atom. The summed E-state index contributed by atoms with van der Waals surface area (Å²) in [4.78, 5) is 0. The van der Waals surface area contributed by atoms with Gasteiger partial charge in [-0.1, -0.05) is 0 Å². The molecule has 0 amide bonds. The van der Waals surface area contributed by atoms with Crippen molar-refractivity contribution < 1.29 is 16.8 Å². The molecule has 0 spiro atoms. The summed E-state index contributed by atoms with van der Waals surface area (Å²) >= 11 is 0. The number of rotatable bonds is 4. The third kappa shape index (κ3) is 4.16. The van der Waals surface area contributed by atoms with E-state index in [4.69, 9.17) is 0 Å². The predicted molar refractivity (Wildman–Crippen MR) is 78.8 cm³/mol. The molecule has 1 saturated heterocycles. The van der Waals surface area contributed by atoms with Gasteiger partial charge in [-0.05, 0) is 45.6 Å². The number of sulfonamides is 1. The summed E-state index contributed by atoms with van der Waals surface area (Å²) in [5.74, 6) is -0.0177. The van der Waals surface area contributed by atoms with Crippen molar-refractivity contribution in [1.29, 1.82) is 0 Å². The molecule has 0 aromatic rings. The maximum atomic E-state index is 12.3. The van der Waals surface area contributed by atoms with Gasteiger partial charge >= 0.3 is 0 Å². The number of hydrogen-bond acceptors (Lipinski definition) is 5. The zero-order valence-corrected chi connectivity index (χ0v) is 13.5. The zero-order chi connectivity index (χ0) is 14.8. The molecule has 1 heterocycles. The van der Waals surface area contributed by atoms with E-state index in [1.807, 2.05) is 7.05 Å². The first-order chi connectivity index (χ1) is 9.32. The van der Waals surface area contributed by atoms with E-state index in [1.54, 1.807) is 0 Å². The lowest BCUT2D eigenvalue weighted by molar-refractivity contribution is 0.341. The van der Waals surface area contributed by atoms with Crippen LogP contribution in [-0.4, -0.2) is 52.7 Å². The van der Waals surface area contributed by atoms with Crippen molar-refractivity contribution in [1.82, 2.24) is 10.0 Å². The van der Waals surface area contributed by atoms with Crippen molar-refractivity contribution in [3.63, 3.8) is 0 Å². The van der Waals surface area contributed by atoms with E-state index in [1.165, 1.54) is 0 Å². The van der Waals surface area contributed by atoms with Crippen LogP contribution in [-0.2, 0) is 19.9 Å². The third-order valence-electron chi connectivity index (χ3n) is 4.41. The van der Waals surface area contributed by atoms with Gasteiger partial charge in [-0.25, -0.2) is 21.6 Å². The molecule has 0 aromatic carbocycles. The Bertz CT molecular complexity index is 508. The minimum atomic E-state index is -3.39. The summed E-state index contributed by atoms with van der Waals surface area (Å²) in [6.45, 7) is 0. The van der Waals surface area contributed by atoms with Crippen molar-refractivity contribution in [3.8, 4) is 0 Å². The molecule has 0 aromatic heterocycles. The van der Waals surface area contributed by atoms with Gasteiger partial charge in [0.05, 0.1) is 16.8 Å². The second-order valence-electron chi connectivity index (χ2n) is 5.85. The molecule has 8 heteroatoms. The number of nitrogens with one attached hydrogen (secondary N) is 2. The molecule has 0 unspecified atom stereocenters. The van der Waals surface area contributed by atoms with Crippen LogP contribution >= 0.6 is 0 Å². The van der Waals surface area contributed by atoms with Gasteiger partial charge in [0.2, 0.25) is 10.0 Å². The minimum Gasteiger partial charge on any atom is -0.317 e. The molecule has 2 rings (SSSR count). The maximum Gasteiger partial charge on any atom is 0.214 e. The van der Waals surface area contributed by atoms with Crippen molar-refractivity contribution in [2.24, 2.45) is 0 Å². The van der Waals surface area contributed by atoms with E-state index in [-0.39, 0.29) is 30.4 Å². The SMILES string of the molecule is CNC1CCC(NS(=O)(=O)C2CCS(=O)(=O)CC2)CC1. The van der Waals surface area contributed by atoms with Crippen LogP contribution in [0.1, 0.15) is 38.5 Å². The molecule has 2 fully saturated rings. The third-order valence-corrected chi connectivity index (χ3v) is 8.13. The van der Waals surface area contributed by atoms with Gasteiger partial charge in [-0.2, -0.15) is 0 Å². The van der Waals surface area contributed by atoms with E-state index in [9.17, 15) is 16.8 Å². The van der Waals surface area contributed by atoms with E-state index in [0.29, 0.717) is 6.04 Å². The van der Waals surface area contributed by atoms with Gasteiger partial charge in [0.1, 0.15) is 9.84 Å². The average Bonchev–Trinajstić information content (AvgIpc) is 2.38. The lowest BCUT2D eigenvalue weighted by Gasteiger charge is -2.30. The lowest BCUT2D eigenvalue weighted by atomic mass is 9.92. The second-order valence-corrected chi connectivity index (χ2v) is 10.1. The van der Waals surface area contributed by atoms with Crippen LogP contribution in [0.15, 0.2) is 0 Å². The summed E-state index contributed by atoms with van der Waals surface area (Å²) in [5.41, 5.74) is 0. The van der Waals surface area contributed by atoms with E-state index < -0.39 is 25.1 Å². The Labute approximate surface area is 121 Å². The van der Waals surface area contributed by atoms with Crippen LogP contribution in [0, 0.1) is 0 Å². The molecule has 1 aliphatic heterocycles. The van der Waals surface area contributed by atoms with Gasteiger partial charge in [0.25, 0.3) is 0 Å². The van der Waals surface area contributed by atoms with Crippen LogP contribution in [0.3, 0.4) is 0 Å². The fraction of sp³-hybridized carbons (Fsp3) is 1.00. The molecule has 2 N–H and O–H groups in total. The molecule has 6 nitrogen and oxygen atoms in total. The van der Waals surface area contributed by atoms with E-state index in [2.05, 4.69) is 10.0 Å². The topological polar surface area (TPSA) is 92.3 Å². The monoisotopic (exact) mass is 324 g/mol. The summed E-state index contributed by atoms with van der Waals surface area (Å²) in [6, 6.07) is 0.485. The molecular formula is C12H24N2O4S2. The first kappa shape index (κ1) is 16.2. The van der Waals surface area contributed by atoms with Crippen LogP contribution < -0.4 is 10.0 Å². The average molecular weight is 324 g/mol. The molecule has 1 aliphatic carbocycles. The number of hydrogen-bond donors (Lipinski definition) is 2. The molecule has 1 saturated carbocycles. The minimum absolute atomic E-state index is 0.00290.